The van der Waals surface area contributed by atoms with Crippen molar-refractivity contribution >= 4 is 0 Å². The quantitative estimate of drug-likeness (QED) is 0.455. The van der Waals surface area contributed by atoms with Crippen LogP contribution in [0, 0.1) is 0 Å². The van der Waals surface area contributed by atoms with Crippen LogP contribution in [0.1, 0.15) is 27.7 Å². The summed E-state index contributed by atoms with van der Waals surface area (Å²) in [6, 6.07) is 0. The molecule has 6 N–H and O–H groups in total. The van der Waals surface area contributed by atoms with Crippen LogP contribution in [0.2, 0.25) is 0 Å². The molecule has 0 radical (unpaired) electrons. The highest BCUT2D eigenvalue weighted by Crippen LogP contribution is 2.04. The summed E-state index contributed by atoms with van der Waals surface area (Å²) >= 11 is 0. The normalized spacial score (nSPS) is 13.3. The molecule has 0 aliphatic heterocycles. The third-order valence-electron chi connectivity index (χ3n) is 2.27. The van der Waals surface area contributed by atoms with Gasteiger partial charge in [0, 0.05) is 37.3 Å². The SMILES string of the molecule is CC(C)(CN)NCC(C)(C)NCCN. The Morgan fingerprint density at radius 2 is 1.50 bits per heavy atom. The van der Waals surface area contributed by atoms with Crippen LogP contribution in [-0.2, 0) is 0 Å². The van der Waals surface area contributed by atoms with E-state index in [1.54, 1.807) is 0 Å². The van der Waals surface area contributed by atoms with Crippen LogP contribution in [-0.4, -0.2) is 37.3 Å². The minimum absolute atomic E-state index is 0.00165. The van der Waals surface area contributed by atoms with Crippen LogP contribution < -0.4 is 22.1 Å². The molecule has 0 saturated heterocycles. The molecule has 0 amide bonds. The van der Waals surface area contributed by atoms with Crippen molar-refractivity contribution < 1.29 is 0 Å². The van der Waals surface area contributed by atoms with Gasteiger partial charge in [0.25, 0.3) is 0 Å². The molecular formula is C10H26N4. The molecule has 0 aromatic heterocycles. The van der Waals surface area contributed by atoms with E-state index in [0.29, 0.717) is 13.1 Å². The minimum atomic E-state index is 0.00165. The summed E-state index contributed by atoms with van der Waals surface area (Å²) in [6.07, 6.45) is 0. The van der Waals surface area contributed by atoms with E-state index in [-0.39, 0.29) is 11.1 Å². The number of rotatable bonds is 7. The third-order valence-corrected chi connectivity index (χ3v) is 2.27. The number of hydrogen-bond donors (Lipinski definition) is 4. The number of nitrogens with one attached hydrogen (secondary N) is 2. The van der Waals surface area contributed by atoms with E-state index in [9.17, 15) is 0 Å². The van der Waals surface area contributed by atoms with Gasteiger partial charge in [-0.3, -0.25) is 0 Å². The molecule has 0 aromatic carbocycles. The highest BCUT2D eigenvalue weighted by Gasteiger charge is 2.21. The predicted molar refractivity (Wildman–Crippen MR) is 62.3 cm³/mol. The molecule has 0 bridgehead atoms. The first-order valence-electron chi connectivity index (χ1n) is 5.23. The molecule has 0 saturated carbocycles. The average molecular weight is 202 g/mol. The van der Waals surface area contributed by atoms with Gasteiger partial charge in [0.05, 0.1) is 0 Å². The van der Waals surface area contributed by atoms with Gasteiger partial charge in [-0.25, -0.2) is 0 Å². The molecule has 0 atom stereocenters. The second-order valence-electron chi connectivity index (χ2n) is 5.04. The largest absolute Gasteiger partial charge is 0.329 e. The first-order chi connectivity index (χ1) is 6.33. The van der Waals surface area contributed by atoms with Crippen molar-refractivity contribution in [1.29, 1.82) is 0 Å². The lowest BCUT2D eigenvalue weighted by molar-refractivity contribution is 0.307. The first kappa shape index (κ1) is 13.8. The Hall–Kier alpha value is -0.160. The molecule has 4 heteroatoms. The van der Waals surface area contributed by atoms with Gasteiger partial charge in [-0.15, -0.1) is 0 Å². The third kappa shape index (κ3) is 6.32. The van der Waals surface area contributed by atoms with Crippen LogP contribution in [0.15, 0.2) is 0 Å². The van der Waals surface area contributed by atoms with Crippen molar-refractivity contribution in [3.8, 4) is 0 Å². The van der Waals surface area contributed by atoms with Crippen molar-refractivity contribution in [1.82, 2.24) is 10.6 Å². The second-order valence-corrected chi connectivity index (χ2v) is 5.04. The molecule has 4 nitrogen and oxygen atoms in total. The number of hydrogen-bond acceptors (Lipinski definition) is 4. The highest BCUT2D eigenvalue weighted by molar-refractivity contribution is 4.86. The summed E-state index contributed by atoms with van der Waals surface area (Å²) in [6.45, 7) is 11.6. The monoisotopic (exact) mass is 202 g/mol. The zero-order valence-corrected chi connectivity index (χ0v) is 9.98. The fourth-order valence-electron chi connectivity index (χ4n) is 1.01. The molecule has 14 heavy (non-hydrogen) atoms. The van der Waals surface area contributed by atoms with Crippen LogP contribution >= 0.6 is 0 Å². The average Bonchev–Trinajstić information content (AvgIpc) is 2.12. The van der Waals surface area contributed by atoms with Gasteiger partial charge >= 0.3 is 0 Å². The zero-order chi connectivity index (χ0) is 11.2. The van der Waals surface area contributed by atoms with Crippen molar-refractivity contribution in [3.05, 3.63) is 0 Å². The molecule has 0 heterocycles. The van der Waals surface area contributed by atoms with E-state index < -0.39 is 0 Å². The standard InChI is InChI=1S/C10H26N4/c1-9(2,7-12)14-8-10(3,4)13-6-5-11/h13-14H,5-8,11-12H2,1-4H3. The van der Waals surface area contributed by atoms with E-state index in [4.69, 9.17) is 11.5 Å². The summed E-state index contributed by atoms with van der Waals surface area (Å²) < 4.78 is 0. The van der Waals surface area contributed by atoms with Gasteiger partial charge in [0.1, 0.15) is 0 Å². The molecule has 0 aromatic rings. The molecule has 0 rings (SSSR count). The van der Waals surface area contributed by atoms with E-state index >= 15 is 0 Å². The van der Waals surface area contributed by atoms with Gasteiger partial charge < -0.3 is 22.1 Å². The van der Waals surface area contributed by atoms with Gasteiger partial charge in [-0.05, 0) is 27.7 Å². The lowest BCUT2D eigenvalue weighted by atomic mass is 10.0. The maximum Gasteiger partial charge on any atom is 0.0250 e. The Bertz CT molecular complexity index is 154. The van der Waals surface area contributed by atoms with Gasteiger partial charge in [-0.2, -0.15) is 0 Å². The van der Waals surface area contributed by atoms with E-state index in [0.717, 1.165) is 13.1 Å². The van der Waals surface area contributed by atoms with Crippen LogP contribution in [0.25, 0.3) is 0 Å². The Morgan fingerprint density at radius 1 is 0.929 bits per heavy atom. The second kappa shape index (κ2) is 5.66. The molecule has 0 unspecified atom stereocenters. The molecule has 86 valence electrons. The smallest absolute Gasteiger partial charge is 0.0250 e. The Kier molecular flexibility index (Phi) is 5.59. The Balaban J connectivity index is 3.85. The Morgan fingerprint density at radius 3 is 1.93 bits per heavy atom. The lowest BCUT2D eigenvalue weighted by Gasteiger charge is -2.32. The predicted octanol–water partition coefficient (Wildman–Crippen LogP) is -0.360. The Labute approximate surface area is 87.8 Å². The van der Waals surface area contributed by atoms with Gasteiger partial charge in [0.2, 0.25) is 0 Å². The summed E-state index contributed by atoms with van der Waals surface area (Å²) in [5, 5.41) is 6.81. The summed E-state index contributed by atoms with van der Waals surface area (Å²) in [5.74, 6) is 0. The molecule has 0 aliphatic rings. The molecule has 0 aliphatic carbocycles. The summed E-state index contributed by atoms with van der Waals surface area (Å²) in [5.41, 5.74) is 11.1. The maximum atomic E-state index is 5.63. The minimum Gasteiger partial charge on any atom is -0.329 e. The fourth-order valence-corrected chi connectivity index (χ4v) is 1.01. The topological polar surface area (TPSA) is 76.1 Å². The van der Waals surface area contributed by atoms with Crippen LogP contribution in [0.5, 0.6) is 0 Å². The molecule has 0 fully saturated rings. The molecular weight excluding hydrogens is 176 g/mol. The highest BCUT2D eigenvalue weighted by atomic mass is 15.1. The van der Waals surface area contributed by atoms with Gasteiger partial charge in [0.15, 0.2) is 0 Å². The van der Waals surface area contributed by atoms with Crippen molar-refractivity contribution in [2.75, 3.05) is 26.2 Å². The fraction of sp³-hybridized carbons (Fsp3) is 1.00. The van der Waals surface area contributed by atoms with Crippen LogP contribution in [0.4, 0.5) is 0 Å². The van der Waals surface area contributed by atoms with E-state index in [1.165, 1.54) is 0 Å². The summed E-state index contributed by atoms with van der Waals surface area (Å²) in [7, 11) is 0. The van der Waals surface area contributed by atoms with Gasteiger partial charge in [-0.1, -0.05) is 0 Å². The summed E-state index contributed by atoms with van der Waals surface area (Å²) in [4.78, 5) is 0. The number of nitrogens with two attached hydrogens (primary N) is 2. The van der Waals surface area contributed by atoms with Crippen molar-refractivity contribution in [3.63, 3.8) is 0 Å². The van der Waals surface area contributed by atoms with E-state index in [2.05, 4.69) is 38.3 Å². The zero-order valence-electron chi connectivity index (χ0n) is 9.98. The maximum absolute atomic E-state index is 5.63. The van der Waals surface area contributed by atoms with Crippen molar-refractivity contribution in [2.45, 2.75) is 38.8 Å². The van der Waals surface area contributed by atoms with Crippen LogP contribution in [0.3, 0.4) is 0 Å². The lowest BCUT2D eigenvalue weighted by Crippen LogP contribution is -2.56. The first-order valence-corrected chi connectivity index (χ1v) is 5.23. The molecule has 0 spiro atoms. The van der Waals surface area contributed by atoms with Crippen molar-refractivity contribution in [2.24, 2.45) is 11.5 Å². The van der Waals surface area contributed by atoms with E-state index in [1.807, 2.05) is 0 Å².